The van der Waals surface area contributed by atoms with Crippen LogP contribution in [0.4, 0.5) is 0 Å². The minimum absolute atomic E-state index is 0.480. The van der Waals surface area contributed by atoms with Crippen LogP contribution in [0, 0.1) is 6.92 Å². The van der Waals surface area contributed by atoms with Gasteiger partial charge in [0, 0.05) is 34.5 Å². The lowest BCUT2D eigenvalue weighted by molar-refractivity contribution is 0.300. The second-order valence-corrected chi connectivity index (χ2v) is 4.98. The van der Waals surface area contributed by atoms with Crippen LogP contribution in [0.3, 0.4) is 0 Å². The molecule has 1 aromatic heterocycles. The van der Waals surface area contributed by atoms with E-state index in [-0.39, 0.29) is 0 Å². The predicted molar refractivity (Wildman–Crippen MR) is 75.3 cm³/mol. The average molecular weight is 307 g/mol. The highest BCUT2D eigenvalue weighted by Gasteiger charge is 2.06. The number of ether oxygens (including phenoxy) is 1. The fraction of sp³-hybridized carbons (Fsp3) is 0.214. The van der Waals surface area contributed by atoms with Crippen LogP contribution in [0.5, 0.6) is 5.75 Å². The Kier molecular flexibility index (Phi) is 4.33. The highest BCUT2D eigenvalue weighted by molar-refractivity contribution is 9.10. The number of benzene rings is 1. The summed E-state index contributed by atoms with van der Waals surface area (Å²) in [6.45, 7) is 2.99. The van der Waals surface area contributed by atoms with Gasteiger partial charge in [-0.25, -0.2) is 0 Å². The monoisotopic (exact) mass is 306 g/mol. The van der Waals surface area contributed by atoms with E-state index in [2.05, 4.69) is 20.9 Å². The zero-order valence-electron chi connectivity index (χ0n) is 10.2. The van der Waals surface area contributed by atoms with E-state index in [1.807, 2.05) is 31.2 Å². The first-order valence-electron chi connectivity index (χ1n) is 5.71. The highest BCUT2D eigenvalue weighted by Crippen LogP contribution is 2.24. The van der Waals surface area contributed by atoms with Gasteiger partial charge in [0.05, 0.1) is 0 Å². The third-order valence-corrected chi connectivity index (χ3v) is 3.09. The fourth-order valence-corrected chi connectivity index (χ4v) is 2.18. The molecule has 0 fully saturated rings. The van der Waals surface area contributed by atoms with Crippen LogP contribution in [0.25, 0.3) is 0 Å². The second-order valence-electron chi connectivity index (χ2n) is 4.07. The maximum atomic E-state index is 5.86. The van der Waals surface area contributed by atoms with Gasteiger partial charge >= 0.3 is 0 Å². The smallest absolute Gasteiger partial charge is 0.127 e. The Labute approximate surface area is 115 Å². The number of hydrogen-bond donors (Lipinski definition) is 1. The lowest BCUT2D eigenvalue weighted by Gasteiger charge is -2.13. The molecule has 0 aliphatic heterocycles. The largest absolute Gasteiger partial charge is 0.488 e. The summed E-state index contributed by atoms with van der Waals surface area (Å²) in [4.78, 5) is 4.11. The van der Waals surface area contributed by atoms with E-state index < -0.39 is 0 Å². The van der Waals surface area contributed by atoms with Gasteiger partial charge in [-0.3, -0.25) is 4.98 Å². The van der Waals surface area contributed by atoms with E-state index in [0.29, 0.717) is 13.2 Å². The fourth-order valence-electron chi connectivity index (χ4n) is 1.77. The van der Waals surface area contributed by atoms with E-state index in [1.54, 1.807) is 12.4 Å². The summed E-state index contributed by atoms with van der Waals surface area (Å²) in [6, 6.07) is 7.99. The highest BCUT2D eigenvalue weighted by atomic mass is 79.9. The van der Waals surface area contributed by atoms with Gasteiger partial charge in [-0.05, 0) is 34.5 Å². The molecule has 94 valence electrons. The van der Waals surface area contributed by atoms with E-state index in [9.17, 15) is 0 Å². The topological polar surface area (TPSA) is 48.1 Å². The molecule has 2 aromatic rings. The molecule has 0 atom stereocenters. The zero-order valence-corrected chi connectivity index (χ0v) is 11.8. The predicted octanol–water partition coefficient (Wildman–Crippen LogP) is 3.19. The van der Waals surface area contributed by atoms with Crippen molar-refractivity contribution in [3.05, 3.63) is 57.8 Å². The summed E-state index contributed by atoms with van der Waals surface area (Å²) < 4.78 is 6.81. The lowest BCUT2D eigenvalue weighted by atomic mass is 10.1. The molecular formula is C14H15BrN2O. The molecular weight excluding hydrogens is 292 g/mol. The average Bonchev–Trinajstić information content (AvgIpc) is 2.37. The molecule has 0 aliphatic carbocycles. The first-order valence-corrected chi connectivity index (χ1v) is 6.51. The first-order chi connectivity index (χ1) is 8.70. The minimum atomic E-state index is 0.480. The Hall–Kier alpha value is -1.39. The van der Waals surface area contributed by atoms with Crippen molar-refractivity contribution in [2.45, 2.75) is 20.1 Å². The van der Waals surface area contributed by atoms with Gasteiger partial charge in [-0.2, -0.15) is 0 Å². The number of nitrogens with two attached hydrogens (primary N) is 1. The van der Waals surface area contributed by atoms with Crippen LogP contribution in [0.15, 0.2) is 41.1 Å². The summed E-state index contributed by atoms with van der Waals surface area (Å²) >= 11 is 3.39. The third kappa shape index (κ3) is 3.09. The van der Waals surface area contributed by atoms with Gasteiger partial charge in [-0.1, -0.05) is 18.2 Å². The van der Waals surface area contributed by atoms with Crippen molar-refractivity contribution in [3.63, 3.8) is 0 Å². The molecule has 2 N–H and O–H groups in total. The molecule has 0 amide bonds. The molecule has 3 nitrogen and oxygen atoms in total. The molecule has 0 bridgehead atoms. The van der Waals surface area contributed by atoms with Crippen LogP contribution in [-0.4, -0.2) is 4.98 Å². The summed E-state index contributed by atoms with van der Waals surface area (Å²) in [5.41, 5.74) is 8.86. The number of pyridine rings is 1. The molecule has 0 unspecified atom stereocenters. The van der Waals surface area contributed by atoms with Gasteiger partial charge in [0.1, 0.15) is 12.4 Å². The number of halogens is 1. The van der Waals surface area contributed by atoms with Crippen molar-refractivity contribution in [2.75, 3.05) is 0 Å². The summed E-state index contributed by atoms with van der Waals surface area (Å²) in [5.74, 6) is 0.875. The molecule has 1 aromatic carbocycles. The van der Waals surface area contributed by atoms with Crippen molar-refractivity contribution in [1.82, 2.24) is 4.98 Å². The standard InChI is InChI=1S/C14H15BrN2O/c1-10-3-2-4-12(6-16)14(10)18-9-11-5-13(15)8-17-7-11/h2-5,7-8H,6,9,16H2,1H3. The van der Waals surface area contributed by atoms with Crippen molar-refractivity contribution < 1.29 is 4.74 Å². The summed E-state index contributed by atoms with van der Waals surface area (Å²) in [5, 5.41) is 0. The van der Waals surface area contributed by atoms with Crippen molar-refractivity contribution in [2.24, 2.45) is 5.73 Å². The number of aryl methyl sites for hydroxylation is 1. The Balaban J connectivity index is 2.15. The number of aromatic nitrogens is 1. The Bertz CT molecular complexity index is 543. The molecule has 0 saturated carbocycles. The number of nitrogens with zero attached hydrogens (tertiary/aromatic N) is 1. The van der Waals surface area contributed by atoms with Crippen molar-refractivity contribution in [3.8, 4) is 5.75 Å². The van der Waals surface area contributed by atoms with Crippen LogP contribution in [0.1, 0.15) is 16.7 Å². The second kappa shape index (κ2) is 5.98. The van der Waals surface area contributed by atoms with E-state index in [1.165, 1.54) is 0 Å². The maximum Gasteiger partial charge on any atom is 0.127 e. The third-order valence-electron chi connectivity index (χ3n) is 2.66. The summed E-state index contributed by atoms with van der Waals surface area (Å²) in [7, 11) is 0. The number of para-hydroxylation sites is 1. The molecule has 1 heterocycles. The van der Waals surface area contributed by atoms with E-state index in [0.717, 1.165) is 26.9 Å². The molecule has 2 rings (SSSR count). The maximum absolute atomic E-state index is 5.86. The first kappa shape index (κ1) is 13.1. The van der Waals surface area contributed by atoms with Gasteiger partial charge in [0.25, 0.3) is 0 Å². The molecule has 18 heavy (non-hydrogen) atoms. The van der Waals surface area contributed by atoms with Crippen molar-refractivity contribution >= 4 is 15.9 Å². The van der Waals surface area contributed by atoms with Crippen LogP contribution in [-0.2, 0) is 13.2 Å². The van der Waals surface area contributed by atoms with Gasteiger partial charge < -0.3 is 10.5 Å². The van der Waals surface area contributed by atoms with Crippen LogP contribution in [0.2, 0.25) is 0 Å². The minimum Gasteiger partial charge on any atom is -0.488 e. The van der Waals surface area contributed by atoms with Crippen LogP contribution >= 0.6 is 15.9 Å². The van der Waals surface area contributed by atoms with Crippen LogP contribution < -0.4 is 10.5 Å². The normalized spacial score (nSPS) is 10.4. The molecule has 0 saturated heterocycles. The Morgan fingerprint density at radius 2 is 2.17 bits per heavy atom. The molecule has 4 heteroatoms. The lowest BCUT2D eigenvalue weighted by Crippen LogP contribution is -2.04. The molecule has 0 radical (unpaired) electrons. The molecule has 0 spiro atoms. The van der Waals surface area contributed by atoms with Crippen molar-refractivity contribution in [1.29, 1.82) is 0 Å². The Morgan fingerprint density at radius 1 is 1.33 bits per heavy atom. The van der Waals surface area contributed by atoms with E-state index >= 15 is 0 Å². The van der Waals surface area contributed by atoms with Gasteiger partial charge in [0.15, 0.2) is 0 Å². The number of rotatable bonds is 4. The Morgan fingerprint density at radius 3 is 2.89 bits per heavy atom. The number of hydrogen-bond acceptors (Lipinski definition) is 3. The molecule has 0 aliphatic rings. The summed E-state index contributed by atoms with van der Waals surface area (Å²) in [6.07, 6.45) is 3.55. The van der Waals surface area contributed by atoms with Gasteiger partial charge in [-0.15, -0.1) is 0 Å². The van der Waals surface area contributed by atoms with Gasteiger partial charge in [0.2, 0.25) is 0 Å². The SMILES string of the molecule is Cc1cccc(CN)c1OCc1cncc(Br)c1. The zero-order chi connectivity index (χ0) is 13.0. The van der Waals surface area contributed by atoms with E-state index in [4.69, 9.17) is 10.5 Å². The quantitative estimate of drug-likeness (QED) is 0.943.